The van der Waals surface area contributed by atoms with Gasteiger partial charge < -0.3 is 5.11 Å². The highest BCUT2D eigenvalue weighted by Crippen LogP contribution is 2.26. The maximum atomic E-state index is 11.0. The van der Waals surface area contributed by atoms with Crippen molar-refractivity contribution >= 4 is 11.7 Å². The molecular weight excluding hydrogens is 250 g/mol. The van der Waals surface area contributed by atoms with E-state index in [4.69, 9.17) is 5.11 Å². The summed E-state index contributed by atoms with van der Waals surface area (Å²) in [4.78, 5) is 21.4. The molecule has 0 fully saturated rings. The Hall–Kier alpha value is -2.70. The van der Waals surface area contributed by atoms with Gasteiger partial charge in [0.25, 0.3) is 5.69 Å². The molecule has 98 valence electrons. The molecule has 7 heteroatoms. The predicted molar refractivity (Wildman–Crippen MR) is 66.7 cm³/mol. The SMILES string of the molecule is Cc1cnn(-c2cc(C(=O)O)cc([N+](=O)[O-])c2C)c1. The number of aryl methyl sites for hydroxylation is 1. The van der Waals surface area contributed by atoms with Crippen molar-refractivity contribution < 1.29 is 14.8 Å². The molecule has 0 unspecified atom stereocenters. The number of nitro benzene ring substituents is 1. The topological polar surface area (TPSA) is 98.3 Å². The molecule has 0 bridgehead atoms. The lowest BCUT2D eigenvalue weighted by atomic mass is 10.1. The van der Waals surface area contributed by atoms with E-state index in [0.29, 0.717) is 11.3 Å². The Morgan fingerprint density at radius 2 is 2.11 bits per heavy atom. The van der Waals surface area contributed by atoms with E-state index in [2.05, 4.69) is 5.10 Å². The Bertz CT molecular complexity index is 676. The van der Waals surface area contributed by atoms with Gasteiger partial charge in [0, 0.05) is 12.3 Å². The van der Waals surface area contributed by atoms with Crippen LogP contribution < -0.4 is 0 Å². The molecule has 0 aliphatic rings. The number of hydrogen-bond donors (Lipinski definition) is 1. The number of rotatable bonds is 3. The van der Waals surface area contributed by atoms with Crippen LogP contribution in [0.15, 0.2) is 24.5 Å². The highest BCUT2D eigenvalue weighted by Gasteiger charge is 2.20. The van der Waals surface area contributed by atoms with E-state index in [1.807, 2.05) is 6.92 Å². The molecule has 2 rings (SSSR count). The van der Waals surface area contributed by atoms with E-state index >= 15 is 0 Å². The second-order valence-electron chi connectivity index (χ2n) is 4.16. The zero-order valence-electron chi connectivity index (χ0n) is 10.3. The van der Waals surface area contributed by atoms with Crippen molar-refractivity contribution in [1.82, 2.24) is 9.78 Å². The summed E-state index contributed by atoms with van der Waals surface area (Å²) >= 11 is 0. The van der Waals surface area contributed by atoms with Gasteiger partial charge in [0.2, 0.25) is 0 Å². The van der Waals surface area contributed by atoms with Gasteiger partial charge in [0.15, 0.2) is 0 Å². The van der Waals surface area contributed by atoms with Gasteiger partial charge in [-0.25, -0.2) is 9.48 Å². The van der Waals surface area contributed by atoms with Crippen molar-refractivity contribution in [3.05, 3.63) is 51.3 Å². The molecule has 0 aliphatic heterocycles. The third-order valence-electron chi connectivity index (χ3n) is 2.76. The Morgan fingerprint density at radius 1 is 1.42 bits per heavy atom. The van der Waals surface area contributed by atoms with Gasteiger partial charge in [-0.2, -0.15) is 5.10 Å². The largest absolute Gasteiger partial charge is 0.478 e. The summed E-state index contributed by atoms with van der Waals surface area (Å²) in [5.41, 5.74) is 1.27. The first-order valence-corrected chi connectivity index (χ1v) is 5.44. The van der Waals surface area contributed by atoms with E-state index in [1.54, 1.807) is 19.3 Å². The second kappa shape index (κ2) is 4.52. The lowest BCUT2D eigenvalue weighted by Crippen LogP contribution is -2.06. The first-order chi connectivity index (χ1) is 8.90. The number of hydrogen-bond acceptors (Lipinski definition) is 4. The van der Waals surface area contributed by atoms with Crippen molar-refractivity contribution in [2.45, 2.75) is 13.8 Å². The van der Waals surface area contributed by atoms with E-state index in [0.717, 1.165) is 11.6 Å². The summed E-state index contributed by atoms with van der Waals surface area (Å²) in [6.07, 6.45) is 3.27. The Balaban J connectivity index is 2.72. The minimum Gasteiger partial charge on any atom is -0.478 e. The third kappa shape index (κ3) is 2.30. The number of benzene rings is 1. The van der Waals surface area contributed by atoms with Crippen LogP contribution in [0, 0.1) is 24.0 Å². The van der Waals surface area contributed by atoms with Crippen LogP contribution in [0.5, 0.6) is 0 Å². The average molecular weight is 261 g/mol. The molecular formula is C12H11N3O4. The predicted octanol–water partition coefficient (Wildman–Crippen LogP) is 2.10. The quantitative estimate of drug-likeness (QED) is 0.673. The van der Waals surface area contributed by atoms with Crippen LogP contribution in [0.1, 0.15) is 21.5 Å². The highest BCUT2D eigenvalue weighted by atomic mass is 16.6. The van der Waals surface area contributed by atoms with Crippen LogP contribution in [0.3, 0.4) is 0 Å². The van der Waals surface area contributed by atoms with Crippen LogP contribution in [-0.2, 0) is 0 Å². The molecule has 19 heavy (non-hydrogen) atoms. The maximum absolute atomic E-state index is 11.0. The van der Waals surface area contributed by atoms with Gasteiger partial charge >= 0.3 is 5.97 Å². The van der Waals surface area contributed by atoms with Crippen LogP contribution in [0.4, 0.5) is 5.69 Å². The molecule has 1 aromatic carbocycles. The molecule has 1 heterocycles. The van der Waals surface area contributed by atoms with Crippen molar-refractivity contribution in [1.29, 1.82) is 0 Å². The number of carbonyl (C=O) groups is 1. The summed E-state index contributed by atoms with van der Waals surface area (Å²) in [6, 6.07) is 2.43. The summed E-state index contributed by atoms with van der Waals surface area (Å²) < 4.78 is 1.43. The van der Waals surface area contributed by atoms with Crippen LogP contribution in [0.25, 0.3) is 5.69 Å². The molecule has 7 nitrogen and oxygen atoms in total. The number of aromatic nitrogens is 2. The fraction of sp³-hybridized carbons (Fsp3) is 0.167. The lowest BCUT2D eigenvalue weighted by molar-refractivity contribution is -0.385. The standard InChI is InChI=1S/C12H11N3O4/c1-7-5-13-14(6-7)10-3-9(12(16)17)4-11(8(10)2)15(18)19/h3-6H,1-2H3,(H,16,17). The molecule has 0 amide bonds. The smallest absolute Gasteiger partial charge is 0.336 e. The number of carboxylic acids is 1. The van der Waals surface area contributed by atoms with Gasteiger partial charge in [-0.3, -0.25) is 10.1 Å². The van der Waals surface area contributed by atoms with E-state index < -0.39 is 10.9 Å². The normalized spacial score (nSPS) is 10.4. The summed E-state index contributed by atoms with van der Waals surface area (Å²) in [5, 5.41) is 24.0. The molecule has 1 N–H and O–H groups in total. The first-order valence-electron chi connectivity index (χ1n) is 5.44. The minimum absolute atomic E-state index is 0.138. The Kier molecular flexibility index (Phi) is 3.04. The zero-order valence-corrected chi connectivity index (χ0v) is 10.3. The fourth-order valence-corrected chi connectivity index (χ4v) is 1.78. The van der Waals surface area contributed by atoms with E-state index in [-0.39, 0.29) is 11.3 Å². The van der Waals surface area contributed by atoms with Gasteiger partial charge in [0.1, 0.15) is 0 Å². The van der Waals surface area contributed by atoms with Gasteiger partial charge in [0.05, 0.1) is 27.9 Å². The summed E-state index contributed by atoms with van der Waals surface area (Å²) in [7, 11) is 0. The minimum atomic E-state index is -1.21. The number of carboxylic acid groups (broad SMARTS) is 1. The average Bonchev–Trinajstić information content (AvgIpc) is 2.75. The highest BCUT2D eigenvalue weighted by molar-refractivity contribution is 5.89. The summed E-state index contributed by atoms with van der Waals surface area (Å²) in [6.45, 7) is 3.39. The molecule has 0 radical (unpaired) electrons. The van der Waals surface area contributed by atoms with Gasteiger partial charge in [-0.05, 0) is 25.5 Å². The Labute approximate surface area is 108 Å². The molecule has 2 aromatic rings. The van der Waals surface area contributed by atoms with Crippen LogP contribution in [0.2, 0.25) is 0 Å². The molecule has 0 aliphatic carbocycles. The van der Waals surface area contributed by atoms with Crippen LogP contribution in [-0.4, -0.2) is 25.8 Å². The number of aromatic carboxylic acids is 1. The van der Waals surface area contributed by atoms with Crippen molar-refractivity contribution in [3.63, 3.8) is 0 Å². The maximum Gasteiger partial charge on any atom is 0.336 e. The fourth-order valence-electron chi connectivity index (χ4n) is 1.78. The monoisotopic (exact) mass is 261 g/mol. The van der Waals surface area contributed by atoms with Crippen LogP contribution >= 0.6 is 0 Å². The van der Waals surface area contributed by atoms with Crippen molar-refractivity contribution in [2.75, 3.05) is 0 Å². The van der Waals surface area contributed by atoms with Gasteiger partial charge in [-0.1, -0.05) is 0 Å². The van der Waals surface area contributed by atoms with Crippen molar-refractivity contribution in [2.24, 2.45) is 0 Å². The third-order valence-corrected chi connectivity index (χ3v) is 2.76. The Morgan fingerprint density at radius 3 is 2.58 bits per heavy atom. The second-order valence-corrected chi connectivity index (χ2v) is 4.16. The zero-order chi connectivity index (χ0) is 14.2. The molecule has 0 saturated carbocycles. The van der Waals surface area contributed by atoms with E-state index in [9.17, 15) is 14.9 Å². The molecule has 0 atom stereocenters. The van der Waals surface area contributed by atoms with E-state index in [1.165, 1.54) is 10.7 Å². The lowest BCUT2D eigenvalue weighted by Gasteiger charge is -2.08. The first kappa shape index (κ1) is 12.7. The molecule has 1 aromatic heterocycles. The summed E-state index contributed by atoms with van der Waals surface area (Å²) in [5.74, 6) is -1.21. The molecule has 0 saturated heterocycles. The number of nitrogens with zero attached hydrogens (tertiary/aromatic N) is 3. The number of nitro groups is 1. The van der Waals surface area contributed by atoms with Gasteiger partial charge in [-0.15, -0.1) is 0 Å². The van der Waals surface area contributed by atoms with Crippen molar-refractivity contribution in [3.8, 4) is 5.69 Å². The molecule has 0 spiro atoms.